The van der Waals surface area contributed by atoms with E-state index < -0.39 is 11.7 Å². The number of amidine groups is 1. The number of allylic oxidation sites excluding steroid dienone is 1. The quantitative estimate of drug-likeness (QED) is 0.243. The van der Waals surface area contributed by atoms with Gasteiger partial charge in [-0.15, -0.1) is 0 Å². The molecular formula is C22H28FN7O. The number of anilines is 1. The second kappa shape index (κ2) is 10.9. The molecule has 1 saturated carbocycles. The zero-order valence-electron chi connectivity index (χ0n) is 17.9. The summed E-state index contributed by atoms with van der Waals surface area (Å²) in [4.78, 5) is 21.2. The lowest BCUT2D eigenvalue weighted by molar-refractivity contribution is 0.102. The number of nitrogens with two attached hydrogens (primary N) is 3. The number of aliphatic imine (C=N–C) groups is 1. The lowest BCUT2D eigenvalue weighted by atomic mass is 9.98. The minimum Gasteiger partial charge on any atom is -0.404 e. The molecule has 8 nitrogen and oxygen atoms in total. The number of hydrogen-bond acceptors (Lipinski definition) is 6. The molecule has 7 N–H and O–H groups in total. The molecule has 9 heteroatoms. The summed E-state index contributed by atoms with van der Waals surface area (Å²) in [5.41, 5.74) is 13.4. The maximum absolute atomic E-state index is 14.5. The Hall–Kier alpha value is -3.75. The van der Waals surface area contributed by atoms with E-state index in [-0.39, 0.29) is 17.2 Å². The standard InChI is InChI=1S/C20H22FN7O.C2H6/c1-11-7-16(21)15(8-14(11)12(9-22)10-25-13-5-6-13)20(29)27-18-4-2-3-17(26-18)19(23)28-24;1-2/h2-4,7-10,13H,5-6,22,24H2,1H3,(H2,23,28)(H,26,27,29);1-2H3/b12-9+,25-10?;. The van der Waals surface area contributed by atoms with E-state index in [0.29, 0.717) is 28.4 Å². The van der Waals surface area contributed by atoms with Crippen molar-refractivity contribution in [3.8, 4) is 0 Å². The van der Waals surface area contributed by atoms with Crippen molar-refractivity contribution >= 4 is 29.3 Å². The SMILES string of the molecule is CC.Cc1cc(F)c(C(=O)Nc2cccc(/C(N)=N/N)n2)cc1/C(C=NC1CC1)=C/N. The predicted octanol–water partition coefficient (Wildman–Crippen LogP) is 2.92. The van der Waals surface area contributed by atoms with Crippen molar-refractivity contribution in [2.75, 3.05) is 5.32 Å². The van der Waals surface area contributed by atoms with Gasteiger partial charge in [0.25, 0.3) is 5.91 Å². The van der Waals surface area contributed by atoms with E-state index in [1.54, 1.807) is 31.3 Å². The second-order valence-electron chi connectivity index (χ2n) is 6.65. The molecule has 0 unspecified atom stereocenters. The number of rotatable bonds is 6. The van der Waals surface area contributed by atoms with Gasteiger partial charge in [0.15, 0.2) is 5.84 Å². The Morgan fingerprint density at radius 3 is 2.58 bits per heavy atom. The summed E-state index contributed by atoms with van der Waals surface area (Å²) in [6, 6.07) is 7.82. The van der Waals surface area contributed by atoms with Gasteiger partial charge in [-0.25, -0.2) is 9.37 Å². The first-order valence-corrected chi connectivity index (χ1v) is 10.0. The first-order chi connectivity index (χ1) is 14.9. The van der Waals surface area contributed by atoms with Gasteiger partial charge in [0.1, 0.15) is 17.3 Å². The summed E-state index contributed by atoms with van der Waals surface area (Å²) < 4.78 is 14.5. The average molecular weight is 426 g/mol. The molecule has 3 rings (SSSR count). The fourth-order valence-electron chi connectivity index (χ4n) is 2.67. The molecule has 1 aliphatic carbocycles. The third kappa shape index (κ3) is 6.11. The Kier molecular flexibility index (Phi) is 8.25. The van der Waals surface area contributed by atoms with Crippen molar-refractivity contribution in [2.24, 2.45) is 27.4 Å². The molecule has 0 bridgehead atoms. The maximum atomic E-state index is 14.5. The Labute approximate surface area is 181 Å². The average Bonchev–Trinajstić information content (AvgIpc) is 3.60. The number of amides is 1. The molecule has 1 aromatic heterocycles. The zero-order valence-corrected chi connectivity index (χ0v) is 17.9. The predicted molar refractivity (Wildman–Crippen MR) is 123 cm³/mol. The molecule has 1 aliphatic rings. The highest BCUT2D eigenvalue weighted by molar-refractivity contribution is 6.12. The molecule has 0 spiro atoms. The van der Waals surface area contributed by atoms with E-state index in [0.717, 1.165) is 12.8 Å². The van der Waals surface area contributed by atoms with Gasteiger partial charge in [0.05, 0.1) is 11.6 Å². The summed E-state index contributed by atoms with van der Waals surface area (Å²) in [6.07, 6.45) is 5.17. The number of benzene rings is 1. The fourth-order valence-corrected chi connectivity index (χ4v) is 2.67. The van der Waals surface area contributed by atoms with Crippen LogP contribution in [0.4, 0.5) is 10.2 Å². The van der Waals surface area contributed by atoms with Crippen molar-refractivity contribution in [3.63, 3.8) is 0 Å². The third-order valence-electron chi connectivity index (χ3n) is 4.41. The van der Waals surface area contributed by atoms with Gasteiger partial charge in [0.2, 0.25) is 0 Å². The van der Waals surface area contributed by atoms with Gasteiger partial charge in [-0.3, -0.25) is 9.79 Å². The topological polar surface area (TPSA) is 145 Å². The number of pyridine rings is 1. The fraction of sp³-hybridized carbons (Fsp3) is 0.273. The summed E-state index contributed by atoms with van der Waals surface area (Å²) in [6.45, 7) is 5.74. The maximum Gasteiger partial charge on any atom is 0.259 e. The highest BCUT2D eigenvalue weighted by Crippen LogP contribution is 2.26. The van der Waals surface area contributed by atoms with Crippen LogP contribution >= 0.6 is 0 Å². The molecule has 1 heterocycles. The van der Waals surface area contributed by atoms with Gasteiger partial charge in [0, 0.05) is 18.0 Å². The van der Waals surface area contributed by atoms with E-state index in [1.165, 1.54) is 18.3 Å². The minimum atomic E-state index is -0.660. The molecule has 164 valence electrons. The number of carbonyl (C=O) groups is 1. The molecule has 31 heavy (non-hydrogen) atoms. The summed E-state index contributed by atoms with van der Waals surface area (Å²) >= 11 is 0. The van der Waals surface area contributed by atoms with Crippen molar-refractivity contribution in [2.45, 2.75) is 39.7 Å². The number of nitrogens with zero attached hydrogens (tertiary/aromatic N) is 3. The van der Waals surface area contributed by atoms with E-state index in [4.69, 9.17) is 17.3 Å². The van der Waals surface area contributed by atoms with Crippen LogP contribution in [0.25, 0.3) is 5.57 Å². The number of carbonyl (C=O) groups excluding carboxylic acids is 1. The van der Waals surface area contributed by atoms with Crippen molar-refractivity contribution < 1.29 is 9.18 Å². The lowest BCUT2D eigenvalue weighted by Crippen LogP contribution is -2.20. The summed E-state index contributed by atoms with van der Waals surface area (Å²) in [7, 11) is 0. The number of aromatic nitrogens is 1. The van der Waals surface area contributed by atoms with Crippen LogP contribution < -0.4 is 22.6 Å². The number of hydrazone groups is 1. The Morgan fingerprint density at radius 1 is 1.26 bits per heavy atom. The van der Waals surface area contributed by atoms with Crippen LogP contribution in [0.1, 0.15) is 53.9 Å². The Bertz CT molecular complexity index is 1030. The monoisotopic (exact) mass is 425 g/mol. The summed E-state index contributed by atoms with van der Waals surface area (Å²) in [5, 5.41) is 5.92. The first kappa shape index (κ1) is 23.5. The van der Waals surface area contributed by atoms with Crippen molar-refractivity contribution in [1.82, 2.24) is 4.98 Å². The third-order valence-corrected chi connectivity index (χ3v) is 4.41. The van der Waals surface area contributed by atoms with Gasteiger partial charge >= 0.3 is 0 Å². The number of aryl methyl sites for hydroxylation is 1. The largest absolute Gasteiger partial charge is 0.404 e. The molecular weight excluding hydrogens is 397 g/mol. The van der Waals surface area contributed by atoms with Crippen LogP contribution in [0.15, 0.2) is 46.6 Å². The van der Waals surface area contributed by atoms with E-state index >= 15 is 0 Å². The van der Waals surface area contributed by atoms with Crippen LogP contribution in [0.3, 0.4) is 0 Å². The number of halogens is 1. The van der Waals surface area contributed by atoms with Gasteiger partial charge in [-0.2, -0.15) is 5.10 Å². The first-order valence-electron chi connectivity index (χ1n) is 10.0. The van der Waals surface area contributed by atoms with Crippen LogP contribution in [-0.2, 0) is 0 Å². The van der Waals surface area contributed by atoms with Gasteiger partial charge < -0.3 is 22.6 Å². The van der Waals surface area contributed by atoms with Crippen LogP contribution in [0.2, 0.25) is 0 Å². The molecule has 0 atom stereocenters. The molecule has 0 aliphatic heterocycles. The number of hydrogen-bond donors (Lipinski definition) is 4. The molecule has 0 radical (unpaired) electrons. The van der Waals surface area contributed by atoms with E-state index in [1.807, 2.05) is 13.8 Å². The highest BCUT2D eigenvalue weighted by atomic mass is 19.1. The minimum absolute atomic E-state index is 0.0116. The highest BCUT2D eigenvalue weighted by Gasteiger charge is 2.20. The molecule has 1 aromatic carbocycles. The van der Waals surface area contributed by atoms with Crippen LogP contribution in [-0.4, -0.2) is 29.0 Å². The van der Waals surface area contributed by atoms with Gasteiger partial charge in [-0.1, -0.05) is 19.9 Å². The molecule has 1 fully saturated rings. The van der Waals surface area contributed by atoms with E-state index in [2.05, 4.69) is 20.4 Å². The molecule has 1 amide bonds. The Morgan fingerprint density at radius 2 is 1.97 bits per heavy atom. The molecule has 0 saturated heterocycles. The van der Waals surface area contributed by atoms with Crippen LogP contribution in [0.5, 0.6) is 0 Å². The van der Waals surface area contributed by atoms with Gasteiger partial charge in [-0.05, 0) is 55.2 Å². The van der Waals surface area contributed by atoms with Crippen molar-refractivity contribution in [1.29, 1.82) is 0 Å². The normalized spacial score (nSPS) is 14.2. The van der Waals surface area contributed by atoms with E-state index in [9.17, 15) is 9.18 Å². The smallest absolute Gasteiger partial charge is 0.259 e. The van der Waals surface area contributed by atoms with Crippen LogP contribution in [0, 0.1) is 12.7 Å². The molecule has 2 aromatic rings. The Balaban J connectivity index is 0.00000166. The summed E-state index contributed by atoms with van der Waals surface area (Å²) in [5.74, 6) is 4.03. The van der Waals surface area contributed by atoms with Crippen molar-refractivity contribution in [3.05, 3.63) is 64.7 Å². The second-order valence-corrected chi connectivity index (χ2v) is 6.65. The zero-order chi connectivity index (χ0) is 23.0. The lowest BCUT2D eigenvalue weighted by Gasteiger charge is -2.11. The number of nitrogens with one attached hydrogen (secondary N) is 1.